The van der Waals surface area contributed by atoms with Gasteiger partial charge in [-0.1, -0.05) is 36.4 Å². The molecule has 0 aromatic heterocycles. The first kappa shape index (κ1) is 17.5. The molecule has 0 saturated heterocycles. The average molecular weight is 328 g/mol. The minimum absolute atomic E-state index is 0.224. The highest BCUT2D eigenvalue weighted by molar-refractivity contribution is 5.94. The maximum Gasteiger partial charge on any atom is 0.337 e. The first-order valence-corrected chi connectivity index (χ1v) is 7.47. The van der Waals surface area contributed by atoms with Gasteiger partial charge in [-0.15, -0.1) is 0 Å². The first-order valence-electron chi connectivity index (χ1n) is 7.47. The lowest BCUT2D eigenvalue weighted by Gasteiger charge is -2.18. The molecule has 1 atom stereocenters. The van der Waals surface area contributed by atoms with Gasteiger partial charge in [0, 0.05) is 5.69 Å². The molecule has 1 unspecified atom stereocenters. The van der Waals surface area contributed by atoms with Crippen LogP contribution in [0.15, 0.2) is 48.5 Å². The van der Waals surface area contributed by atoms with Crippen LogP contribution in [0.25, 0.3) is 0 Å². The number of urea groups is 1. The summed E-state index contributed by atoms with van der Waals surface area (Å²) in [6, 6.07) is 13.1. The Labute approximate surface area is 140 Å². The van der Waals surface area contributed by atoms with Gasteiger partial charge in [0.25, 0.3) is 0 Å². The average Bonchev–Trinajstić information content (AvgIpc) is 2.61. The Bertz CT molecular complexity index is 716. The van der Waals surface area contributed by atoms with Crippen molar-refractivity contribution in [3.8, 4) is 0 Å². The molecule has 0 fully saturated rings. The van der Waals surface area contributed by atoms with E-state index in [4.69, 9.17) is 0 Å². The van der Waals surface area contributed by atoms with Crippen LogP contribution in [0.3, 0.4) is 0 Å². The number of hydrogen-bond acceptors (Lipinski definition) is 4. The number of carbonyl (C=O) groups excluding carboxylic acids is 2. The van der Waals surface area contributed by atoms with E-state index in [2.05, 4.69) is 15.4 Å². The number of aryl methyl sites for hydroxylation is 1. The number of rotatable bonds is 5. The fourth-order valence-corrected chi connectivity index (χ4v) is 2.24. The third kappa shape index (κ3) is 4.33. The van der Waals surface area contributed by atoms with Crippen LogP contribution in [0.4, 0.5) is 10.5 Å². The normalized spacial score (nSPS) is 11.5. The number of amides is 2. The van der Waals surface area contributed by atoms with Crippen LogP contribution >= 0.6 is 0 Å². The third-order valence-electron chi connectivity index (χ3n) is 3.60. The molecular weight excluding hydrogens is 308 g/mol. The van der Waals surface area contributed by atoms with E-state index in [-0.39, 0.29) is 6.61 Å². The second-order valence-corrected chi connectivity index (χ2v) is 5.27. The van der Waals surface area contributed by atoms with Crippen LogP contribution in [0.1, 0.15) is 27.5 Å². The summed E-state index contributed by atoms with van der Waals surface area (Å²) in [5.41, 5.74) is 2.45. The maximum atomic E-state index is 12.2. The van der Waals surface area contributed by atoms with Gasteiger partial charge in [0.15, 0.2) is 0 Å². The summed E-state index contributed by atoms with van der Waals surface area (Å²) < 4.78 is 4.68. The number of ether oxygens (including phenoxy) is 1. The number of esters is 1. The van der Waals surface area contributed by atoms with Crippen LogP contribution < -0.4 is 10.6 Å². The highest BCUT2D eigenvalue weighted by atomic mass is 16.5. The number of aliphatic hydroxyl groups is 1. The Morgan fingerprint density at radius 2 is 1.88 bits per heavy atom. The Hall–Kier alpha value is -2.86. The molecule has 6 nitrogen and oxygen atoms in total. The summed E-state index contributed by atoms with van der Waals surface area (Å²) in [6.45, 7) is 1.59. The fraction of sp³-hybridized carbons (Fsp3) is 0.222. The molecule has 0 bridgehead atoms. The second-order valence-electron chi connectivity index (χ2n) is 5.27. The van der Waals surface area contributed by atoms with Crippen molar-refractivity contribution in [2.75, 3.05) is 19.0 Å². The van der Waals surface area contributed by atoms with Crippen molar-refractivity contribution in [2.45, 2.75) is 13.0 Å². The van der Waals surface area contributed by atoms with Crippen molar-refractivity contribution in [3.63, 3.8) is 0 Å². The number of nitrogens with one attached hydrogen (secondary N) is 2. The summed E-state index contributed by atoms with van der Waals surface area (Å²) in [5.74, 6) is -0.476. The Morgan fingerprint density at radius 1 is 1.17 bits per heavy atom. The van der Waals surface area contributed by atoms with Crippen LogP contribution in [0.2, 0.25) is 0 Å². The highest BCUT2D eigenvalue weighted by Crippen LogP contribution is 2.18. The zero-order valence-electron chi connectivity index (χ0n) is 13.6. The summed E-state index contributed by atoms with van der Waals surface area (Å²) in [6.07, 6.45) is 0. The van der Waals surface area contributed by atoms with E-state index in [0.29, 0.717) is 11.3 Å². The quantitative estimate of drug-likeness (QED) is 0.736. The molecule has 2 amide bonds. The number of hydrogen-bond donors (Lipinski definition) is 3. The smallest absolute Gasteiger partial charge is 0.337 e. The van der Waals surface area contributed by atoms with Gasteiger partial charge in [0.2, 0.25) is 0 Å². The maximum absolute atomic E-state index is 12.2. The fourth-order valence-electron chi connectivity index (χ4n) is 2.24. The van der Waals surface area contributed by atoms with E-state index in [1.807, 2.05) is 37.3 Å². The molecule has 0 aliphatic rings. The Balaban J connectivity index is 2.10. The van der Waals surface area contributed by atoms with Gasteiger partial charge in [-0.2, -0.15) is 0 Å². The third-order valence-corrected chi connectivity index (χ3v) is 3.60. The number of aliphatic hydroxyl groups excluding tert-OH is 1. The molecule has 3 N–H and O–H groups in total. The Kier molecular flexibility index (Phi) is 5.92. The summed E-state index contributed by atoms with van der Waals surface area (Å²) >= 11 is 0. The first-order chi connectivity index (χ1) is 11.5. The monoisotopic (exact) mass is 328 g/mol. The van der Waals surface area contributed by atoms with Crippen molar-refractivity contribution in [1.82, 2.24) is 5.32 Å². The molecule has 0 saturated carbocycles. The molecule has 2 aromatic carbocycles. The lowest BCUT2D eigenvalue weighted by molar-refractivity contribution is 0.0600. The lowest BCUT2D eigenvalue weighted by Crippen LogP contribution is -2.34. The number of carbonyl (C=O) groups is 2. The van der Waals surface area contributed by atoms with E-state index in [0.717, 1.165) is 11.1 Å². The van der Waals surface area contributed by atoms with Crippen LogP contribution in [0, 0.1) is 6.92 Å². The van der Waals surface area contributed by atoms with Crippen molar-refractivity contribution < 1.29 is 19.4 Å². The SMILES string of the molecule is COC(=O)c1ccc(C)c(NC(=O)NC(CO)c2ccccc2)c1. The van der Waals surface area contributed by atoms with Gasteiger partial charge in [0.1, 0.15) is 0 Å². The van der Waals surface area contributed by atoms with E-state index >= 15 is 0 Å². The molecule has 0 aliphatic heterocycles. The minimum Gasteiger partial charge on any atom is -0.465 e. The predicted molar refractivity (Wildman–Crippen MR) is 90.9 cm³/mol. The second kappa shape index (κ2) is 8.12. The molecule has 0 radical (unpaired) electrons. The zero-order chi connectivity index (χ0) is 17.5. The van der Waals surface area contributed by atoms with Gasteiger partial charge in [0.05, 0.1) is 25.3 Å². The highest BCUT2D eigenvalue weighted by Gasteiger charge is 2.15. The van der Waals surface area contributed by atoms with Gasteiger partial charge in [-0.05, 0) is 30.2 Å². The van der Waals surface area contributed by atoms with Crippen molar-refractivity contribution in [3.05, 3.63) is 65.2 Å². The standard InChI is InChI=1S/C18H20N2O4/c1-12-8-9-14(17(22)24-2)10-15(12)19-18(23)20-16(11-21)13-6-4-3-5-7-13/h3-10,16,21H,11H2,1-2H3,(H2,19,20,23). The summed E-state index contributed by atoms with van der Waals surface area (Å²) in [4.78, 5) is 23.8. The summed E-state index contributed by atoms with van der Waals surface area (Å²) in [5, 5.41) is 14.9. The Morgan fingerprint density at radius 3 is 2.50 bits per heavy atom. The van der Waals surface area contributed by atoms with E-state index < -0.39 is 18.0 Å². The molecule has 2 rings (SSSR count). The van der Waals surface area contributed by atoms with Crippen LogP contribution in [0.5, 0.6) is 0 Å². The van der Waals surface area contributed by atoms with E-state index in [1.165, 1.54) is 7.11 Å². The molecule has 24 heavy (non-hydrogen) atoms. The van der Waals surface area contributed by atoms with Gasteiger partial charge >= 0.3 is 12.0 Å². The zero-order valence-corrected chi connectivity index (χ0v) is 13.6. The number of anilines is 1. The number of methoxy groups -OCH3 is 1. The minimum atomic E-state index is -0.518. The molecule has 0 heterocycles. The lowest BCUT2D eigenvalue weighted by atomic mass is 10.1. The molecular formula is C18H20N2O4. The molecule has 0 aliphatic carbocycles. The molecule has 126 valence electrons. The topological polar surface area (TPSA) is 87.7 Å². The van der Waals surface area contributed by atoms with Crippen molar-refractivity contribution in [1.29, 1.82) is 0 Å². The van der Waals surface area contributed by atoms with Gasteiger partial charge in [-0.3, -0.25) is 0 Å². The van der Waals surface area contributed by atoms with Crippen LogP contribution in [-0.4, -0.2) is 30.8 Å². The largest absolute Gasteiger partial charge is 0.465 e. The van der Waals surface area contributed by atoms with Gasteiger partial charge < -0.3 is 20.5 Å². The molecule has 2 aromatic rings. The van der Waals surface area contributed by atoms with Gasteiger partial charge in [-0.25, -0.2) is 9.59 Å². The molecule has 0 spiro atoms. The van der Waals surface area contributed by atoms with E-state index in [1.54, 1.807) is 18.2 Å². The molecule has 6 heteroatoms. The summed E-state index contributed by atoms with van der Waals surface area (Å²) in [7, 11) is 1.30. The predicted octanol–water partition coefficient (Wildman–Crippen LogP) is 2.64. The van der Waals surface area contributed by atoms with E-state index in [9.17, 15) is 14.7 Å². The number of benzene rings is 2. The van der Waals surface area contributed by atoms with Crippen molar-refractivity contribution >= 4 is 17.7 Å². The van der Waals surface area contributed by atoms with Crippen molar-refractivity contribution in [2.24, 2.45) is 0 Å². The van der Waals surface area contributed by atoms with Crippen LogP contribution in [-0.2, 0) is 4.74 Å².